The van der Waals surface area contributed by atoms with Crippen molar-refractivity contribution >= 4 is 36.2 Å². The highest BCUT2D eigenvalue weighted by Gasteiger charge is 2.45. The Balaban J connectivity index is 0.00000225. The number of nitrogens with zero attached hydrogens (tertiary/aromatic N) is 3. The normalized spacial score (nSPS) is 22.6. The molecule has 3 heterocycles. The van der Waals surface area contributed by atoms with Gasteiger partial charge in [0, 0.05) is 26.2 Å². The molecule has 0 aliphatic carbocycles. The zero-order valence-corrected chi connectivity index (χ0v) is 14.8. The largest absolute Gasteiger partial charge is 0.341 e. The Kier molecular flexibility index (Phi) is 5.84. The molecule has 5 amide bonds. The molecule has 0 aromatic carbocycles. The molecule has 3 aliphatic rings. The number of nitrogens with one attached hydrogen (secondary N) is 1. The van der Waals surface area contributed by atoms with E-state index in [1.165, 1.54) is 6.08 Å². The lowest BCUT2D eigenvalue weighted by molar-refractivity contribution is -0.145. The Morgan fingerprint density at radius 2 is 1.76 bits per heavy atom. The van der Waals surface area contributed by atoms with Crippen LogP contribution in [0.3, 0.4) is 0 Å². The zero-order chi connectivity index (χ0) is 17.3. The lowest BCUT2D eigenvalue weighted by Gasteiger charge is -2.39. The summed E-state index contributed by atoms with van der Waals surface area (Å²) in [4.78, 5) is 51.5. The van der Waals surface area contributed by atoms with Gasteiger partial charge in [-0.3, -0.25) is 19.3 Å². The van der Waals surface area contributed by atoms with Crippen molar-refractivity contribution in [2.24, 2.45) is 5.41 Å². The minimum atomic E-state index is -0.941. The monoisotopic (exact) mass is 370 g/mol. The van der Waals surface area contributed by atoms with Crippen LogP contribution in [0.5, 0.6) is 0 Å². The third-order valence-electron chi connectivity index (χ3n) is 5.25. The van der Waals surface area contributed by atoms with E-state index in [-0.39, 0.29) is 36.8 Å². The predicted octanol–water partition coefficient (Wildman–Crippen LogP) is -0.0129. The van der Waals surface area contributed by atoms with Crippen LogP contribution in [0.15, 0.2) is 12.7 Å². The third kappa shape index (κ3) is 3.55. The molecule has 3 fully saturated rings. The van der Waals surface area contributed by atoms with Gasteiger partial charge in [0.25, 0.3) is 0 Å². The maximum Gasteiger partial charge on any atom is 0.335 e. The van der Waals surface area contributed by atoms with Gasteiger partial charge in [0.1, 0.15) is 6.54 Å². The number of imide groups is 2. The van der Waals surface area contributed by atoms with E-state index in [9.17, 15) is 19.2 Å². The molecule has 0 saturated carbocycles. The first kappa shape index (κ1) is 19.4. The first-order valence-corrected chi connectivity index (χ1v) is 8.24. The number of carbonyl (C=O) groups is 4. The van der Waals surface area contributed by atoms with Crippen LogP contribution in [0.25, 0.3) is 0 Å². The van der Waals surface area contributed by atoms with Gasteiger partial charge >= 0.3 is 17.8 Å². The van der Waals surface area contributed by atoms with Gasteiger partial charge in [-0.1, -0.05) is 6.08 Å². The fraction of sp³-hybridized carbons (Fsp3) is 0.625. The molecule has 8 nitrogen and oxygen atoms in total. The zero-order valence-electron chi connectivity index (χ0n) is 14.0. The van der Waals surface area contributed by atoms with Gasteiger partial charge < -0.3 is 10.2 Å². The number of rotatable bonds is 4. The minimum Gasteiger partial charge on any atom is -0.341 e. The lowest BCUT2D eigenvalue weighted by atomic mass is 9.78. The van der Waals surface area contributed by atoms with Crippen molar-refractivity contribution in [1.82, 2.24) is 20.0 Å². The molecule has 3 rings (SSSR count). The highest BCUT2D eigenvalue weighted by Crippen LogP contribution is 2.36. The van der Waals surface area contributed by atoms with Crippen molar-refractivity contribution in [2.75, 3.05) is 39.3 Å². The summed E-state index contributed by atoms with van der Waals surface area (Å²) < 4.78 is 0. The fourth-order valence-corrected chi connectivity index (χ4v) is 3.67. The van der Waals surface area contributed by atoms with Crippen LogP contribution >= 0.6 is 12.4 Å². The molecule has 0 aromatic rings. The summed E-state index contributed by atoms with van der Waals surface area (Å²) in [6.07, 6.45) is 4.35. The van der Waals surface area contributed by atoms with Gasteiger partial charge in [-0.05, 0) is 31.2 Å². The van der Waals surface area contributed by atoms with Crippen LogP contribution in [0.4, 0.5) is 4.79 Å². The van der Waals surface area contributed by atoms with Crippen LogP contribution < -0.4 is 5.32 Å². The number of likely N-dealkylation sites (tertiary alicyclic amines) is 1. The van der Waals surface area contributed by atoms with Crippen LogP contribution in [-0.2, 0) is 14.4 Å². The molecule has 1 spiro atoms. The molecule has 9 heteroatoms. The molecule has 138 valence electrons. The van der Waals surface area contributed by atoms with E-state index in [1.54, 1.807) is 4.90 Å². The summed E-state index contributed by atoms with van der Waals surface area (Å²) in [5.41, 5.74) is 0.285. The SMILES string of the molecule is C=CCN1C(=O)C(=O)N(CC(=O)N2CCC3(CCNC3)CC2)C1=O.Cl. The second-order valence-electron chi connectivity index (χ2n) is 6.69. The van der Waals surface area contributed by atoms with Crippen molar-refractivity contribution < 1.29 is 19.2 Å². The molecule has 0 unspecified atom stereocenters. The number of hydrogen-bond donors (Lipinski definition) is 1. The summed E-state index contributed by atoms with van der Waals surface area (Å²) in [6, 6.07) is -0.744. The average molecular weight is 371 g/mol. The molecule has 0 atom stereocenters. The van der Waals surface area contributed by atoms with Gasteiger partial charge in [-0.2, -0.15) is 0 Å². The van der Waals surface area contributed by atoms with Crippen LogP contribution in [-0.4, -0.2) is 77.7 Å². The number of carbonyl (C=O) groups excluding carboxylic acids is 4. The Morgan fingerprint density at radius 3 is 2.32 bits per heavy atom. The van der Waals surface area contributed by atoms with Gasteiger partial charge in [-0.25, -0.2) is 9.69 Å². The maximum atomic E-state index is 12.4. The maximum absolute atomic E-state index is 12.4. The van der Waals surface area contributed by atoms with Crippen molar-refractivity contribution in [3.63, 3.8) is 0 Å². The first-order chi connectivity index (χ1) is 11.5. The molecule has 1 N–H and O–H groups in total. The Labute approximate surface area is 152 Å². The average Bonchev–Trinajstić information content (AvgIpc) is 3.10. The van der Waals surface area contributed by atoms with Crippen molar-refractivity contribution in [3.05, 3.63) is 12.7 Å². The van der Waals surface area contributed by atoms with E-state index >= 15 is 0 Å². The number of urea groups is 1. The highest BCUT2D eigenvalue weighted by molar-refractivity contribution is 6.45. The fourth-order valence-electron chi connectivity index (χ4n) is 3.67. The number of hydrogen-bond acceptors (Lipinski definition) is 5. The summed E-state index contributed by atoms with van der Waals surface area (Å²) in [6.45, 7) is 6.31. The van der Waals surface area contributed by atoms with Gasteiger partial charge in [0.05, 0.1) is 0 Å². The highest BCUT2D eigenvalue weighted by atomic mass is 35.5. The van der Waals surface area contributed by atoms with E-state index in [0.717, 1.165) is 42.2 Å². The Morgan fingerprint density at radius 1 is 1.12 bits per heavy atom. The lowest BCUT2D eigenvalue weighted by Crippen LogP contribution is -2.48. The summed E-state index contributed by atoms with van der Waals surface area (Å²) >= 11 is 0. The Hall–Kier alpha value is -1.93. The molecule has 0 bridgehead atoms. The summed E-state index contributed by atoms with van der Waals surface area (Å²) in [5, 5.41) is 3.37. The molecule has 3 saturated heterocycles. The first-order valence-electron chi connectivity index (χ1n) is 8.24. The van der Waals surface area contributed by atoms with E-state index in [1.807, 2.05) is 0 Å². The van der Waals surface area contributed by atoms with Crippen molar-refractivity contribution in [2.45, 2.75) is 19.3 Å². The van der Waals surface area contributed by atoms with E-state index < -0.39 is 17.8 Å². The molecular weight excluding hydrogens is 348 g/mol. The minimum absolute atomic E-state index is 0. The van der Waals surface area contributed by atoms with Crippen molar-refractivity contribution in [1.29, 1.82) is 0 Å². The number of halogens is 1. The smallest absolute Gasteiger partial charge is 0.335 e. The predicted molar refractivity (Wildman–Crippen MR) is 92.0 cm³/mol. The standard InChI is InChI=1S/C16H22N4O4.ClH/c1-2-7-19-13(22)14(23)20(15(19)24)10-12(21)18-8-4-16(5-9-18)3-6-17-11-16;/h2,17H,1,3-11H2;1H. The summed E-state index contributed by atoms with van der Waals surface area (Å²) in [5.74, 6) is -2.13. The van der Waals surface area contributed by atoms with Gasteiger partial charge in [-0.15, -0.1) is 19.0 Å². The quantitative estimate of drug-likeness (QED) is 0.427. The van der Waals surface area contributed by atoms with E-state index in [4.69, 9.17) is 0 Å². The number of piperidine rings is 1. The molecule has 25 heavy (non-hydrogen) atoms. The van der Waals surface area contributed by atoms with Crippen LogP contribution in [0, 0.1) is 5.41 Å². The van der Waals surface area contributed by atoms with Gasteiger partial charge in [0.15, 0.2) is 0 Å². The molecule has 3 aliphatic heterocycles. The van der Waals surface area contributed by atoms with Crippen LogP contribution in [0.1, 0.15) is 19.3 Å². The number of amides is 5. The van der Waals surface area contributed by atoms with Gasteiger partial charge in [0.2, 0.25) is 5.91 Å². The second-order valence-corrected chi connectivity index (χ2v) is 6.69. The molecular formula is C16H23ClN4O4. The van der Waals surface area contributed by atoms with Crippen molar-refractivity contribution in [3.8, 4) is 0 Å². The molecule has 0 radical (unpaired) electrons. The summed E-state index contributed by atoms with van der Waals surface area (Å²) in [7, 11) is 0. The third-order valence-corrected chi connectivity index (χ3v) is 5.25. The second kappa shape index (κ2) is 7.53. The molecule has 0 aromatic heterocycles. The topological polar surface area (TPSA) is 90.0 Å². The van der Waals surface area contributed by atoms with E-state index in [0.29, 0.717) is 13.1 Å². The Bertz CT molecular complexity index is 593. The van der Waals surface area contributed by atoms with Crippen LogP contribution in [0.2, 0.25) is 0 Å². The van der Waals surface area contributed by atoms with E-state index in [2.05, 4.69) is 11.9 Å².